The van der Waals surface area contributed by atoms with Crippen LogP contribution in [0.1, 0.15) is 30.9 Å². The van der Waals surface area contributed by atoms with E-state index in [0.717, 1.165) is 36.3 Å². The minimum Gasteiger partial charge on any atom is -0.493 e. The number of carboxylic acid groups (broad SMARTS) is 1. The molecule has 1 heterocycles. The van der Waals surface area contributed by atoms with E-state index in [0.29, 0.717) is 24.7 Å². The van der Waals surface area contributed by atoms with Crippen LogP contribution in [0, 0.1) is 12.8 Å². The zero-order valence-electron chi connectivity index (χ0n) is 12.6. The number of ether oxygens (including phenoxy) is 1. The Morgan fingerprint density at radius 2 is 2.29 bits per heavy atom. The van der Waals surface area contributed by atoms with Gasteiger partial charge in [0.25, 0.3) is 0 Å². The van der Waals surface area contributed by atoms with Crippen molar-refractivity contribution in [2.24, 2.45) is 5.92 Å². The molecule has 1 unspecified atom stereocenters. The Hall–Kier alpha value is -1.26. The number of benzene rings is 1. The van der Waals surface area contributed by atoms with Crippen LogP contribution in [-0.4, -0.2) is 35.7 Å². The molecular formula is C16H22ClNO3. The van der Waals surface area contributed by atoms with Gasteiger partial charge in [0.2, 0.25) is 0 Å². The zero-order valence-corrected chi connectivity index (χ0v) is 13.3. The summed E-state index contributed by atoms with van der Waals surface area (Å²) in [5.41, 5.74) is 2.05. The van der Waals surface area contributed by atoms with E-state index in [-0.39, 0.29) is 5.92 Å². The van der Waals surface area contributed by atoms with Crippen molar-refractivity contribution in [3.8, 4) is 5.75 Å². The number of nitrogens with zero attached hydrogens (tertiary/aromatic N) is 1. The van der Waals surface area contributed by atoms with Crippen molar-refractivity contribution >= 4 is 17.6 Å². The lowest BCUT2D eigenvalue weighted by atomic mass is 9.97. The van der Waals surface area contributed by atoms with Crippen LogP contribution in [0.4, 0.5) is 0 Å². The minimum atomic E-state index is -0.702. The van der Waals surface area contributed by atoms with E-state index < -0.39 is 5.97 Å². The van der Waals surface area contributed by atoms with Gasteiger partial charge in [0.15, 0.2) is 0 Å². The number of hydrogen-bond donors (Lipinski definition) is 1. The Labute approximate surface area is 130 Å². The molecule has 4 nitrogen and oxygen atoms in total. The van der Waals surface area contributed by atoms with E-state index in [1.165, 1.54) is 0 Å². The van der Waals surface area contributed by atoms with Gasteiger partial charge in [-0.05, 0) is 50.9 Å². The van der Waals surface area contributed by atoms with E-state index in [4.69, 9.17) is 16.3 Å². The van der Waals surface area contributed by atoms with Crippen LogP contribution >= 0.6 is 11.6 Å². The molecule has 1 aromatic rings. The highest BCUT2D eigenvalue weighted by molar-refractivity contribution is 6.30. The summed E-state index contributed by atoms with van der Waals surface area (Å²) in [4.78, 5) is 13.3. The summed E-state index contributed by atoms with van der Waals surface area (Å²) in [6, 6.07) is 3.82. The first-order valence-electron chi connectivity index (χ1n) is 7.38. The van der Waals surface area contributed by atoms with Crippen LogP contribution in [-0.2, 0) is 11.3 Å². The fraction of sp³-hybridized carbons (Fsp3) is 0.562. The molecule has 116 valence electrons. The van der Waals surface area contributed by atoms with Crippen molar-refractivity contribution in [3.05, 3.63) is 28.3 Å². The Morgan fingerprint density at radius 1 is 1.52 bits per heavy atom. The number of likely N-dealkylation sites (tertiary alicyclic amines) is 1. The monoisotopic (exact) mass is 311 g/mol. The average molecular weight is 312 g/mol. The summed E-state index contributed by atoms with van der Waals surface area (Å²) < 4.78 is 5.74. The first kappa shape index (κ1) is 16.1. The molecule has 2 rings (SSSR count). The molecule has 0 radical (unpaired) electrons. The highest BCUT2D eigenvalue weighted by Gasteiger charge is 2.26. The maximum absolute atomic E-state index is 11.2. The van der Waals surface area contributed by atoms with Crippen molar-refractivity contribution in [2.45, 2.75) is 33.2 Å². The highest BCUT2D eigenvalue weighted by Crippen LogP contribution is 2.30. The van der Waals surface area contributed by atoms with Crippen molar-refractivity contribution < 1.29 is 14.6 Å². The van der Waals surface area contributed by atoms with E-state index in [9.17, 15) is 9.90 Å². The van der Waals surface area contributed by atoms with E-state index in [1.807, 2.05) is 26.0 Å². The van der Waals surface area contributed by atoms with Gasteiger partial charge in [-0.3, -0.25) is 9.69 Å². The smallest absolute Gasteiger partial charge is 0.307 e. The second-order valence-corrected chi connectivity index (χ2v) is 5.99. The Bertz CT molecular complexity index is 518. The van der Waals surface area contributed by atoms with Gasteiger partial charge in [-0.1, -0.05) is 11.6 Å². The van der Waals surface area contributed by atoms with Crippen LogP contribution in [0.25, 0.3) is 0 Å². The maximum atomic E-state index is 11.2. The largest absolute Gasteiger partial charge is 0.493 e. The summed E-state index contributed by atoms with van der Waals surface area (Å²) in [6.07, 6.45) is 1.68. The summed E-state index contributed by atoms with van der Waals surface area (Å²) in [5, 5.41) is 9.87. The highest BCUT2D eigenvalue weighted by atomic mass is 35.5. The quantitative estimate of drug-likeness (QED) is 0.906. The second kappa shape index (κ2) is 7.14. The van der Waals surface area contributed by atoms with Crippen LogP contribution in [0.2, 0.25) is 5.02 Å². The van der Waals surface area contributed by atoms with Crippen molar-refractivity contribution in [1.82, 2.24) is 4.90 Å². The molecule has 0 aromatic heterocycles. The number of aliphatic carboxylic acids is 1. The average Bonchev–Trinajstić information content (AvgIpc) is 2.43. The summed E-state index contributed by atoms with van der Waals surface area (Å²) in [6.45, 7) is 6.73. The number of aryl methyl sites for hydroxylation is 1. The third-order valence-electron chi connectivity index (χ3n) is 3.85. The fourth-order valence-electron chi connectivity index (χ4n) is 2.91. The molecule has 1 atom stereocenters. The normalized spacial score (nSPS) is 19.5. The molecule has 1 fully saturated rings. The van der Waals surface area contributed by atoms with Gasteiger partial charge in [0.05, 0.1) is 12.5 Å². The Kier molecular flexibility index (Phi) is 5.48. The third-order valence-corrected chi connectivity index (χ3v) is 4.07. The second-order valence-electron chi connectivity index (χ2n) is 5.56. The van der Waals surface area contributed by atoms with E-state index in [2.05, 4.69) is 4.90 Å². The van der Waals surface area contributed by atoms with E-state index >= 15 is 0 Å². The molecule has 1 aromatic carbocycles. The van der Waals surface area contributed by atoms with Gasteiger partial charge < -0.3 is 9.84 Å². The number of carbonyl (C=O) groups is 1. The summed E-state index contributed by atoms with van der Waals surface area (Å²) >= 11 is 6.15. The lowest BCUT2D eigenvalue weighted by Crippen LogP contribution is -2.38. The SMILES string of the molecule is CCOc1c(C)cc(Cl)cc1CN1CCCC(C(=O)O)C1. The van der Waals surface area contributed by atoms with Crippen LogP contribution in [0.3, 0.4) is 0 Å². The van der Waals surface area contributed by atoms with Crippen LogP contribution in [0.5, 0.6) is 5.75 Å². The Morgan fingerprint density at radius 3 is 2.95 bits per heavy atom. The Balaban J connectivity index is 2.16. The lowest BCUT2D eigenvalue weighted by molar-refractivity contribution is -0.143. The maximum Gasteiger partial charge on any atom is 0.307 e. The molecule has 1 N–H and O–H groups in total. The predicted octanol–water partition coefficient (Wildman–Crippen LogP) is 3.34. The molecule has 1 aliphatic rings. The van der Waals surface area contributed by atoms with Crippen LogP contribution < -0.4 is 4.74 Å². The number of piperidine rings is 1. The number of hydrogen-bond acceptors (Lipinski definition) is 3. The van der Waals surface area contributed by atoms with Crippen molar-refractivity contribution in [2.75, 3.05) is 19.7 Å². The molecule has 5 heteroatoms. The van der Waals surface area contributed by atoms with Gasteiger partial charge in [-0.2, -0.15) is 0 Å². The minimum absolute atomic E-state index is 0.269. The topological polar surface area (TPSA) is 49.8 Å². The van der Waals surface area contributed by atoms with Crippen molar-refractivity contribution in [3.63, 3.8) is 0 Å². The first-order chi connectivity index (χ1) is 10.0. The molecule has 0 bridgehead atoms. The molecule has 1 saturated heterocycles. The number of halogens is 1. The standard InChI is InChI=1S/C16H22ClNO3/c1-3-21-15-11(2)7-14(17)8-13(15)10-18-6-4-5-12(9-18)16(19)20/h7-8,12H,3-6,9-10H2,1-2H3,(H,19,20). The molecule has 0 saturated carbocycles. The van der Waals surface area contributed by atoms with Crippen molar-refractivity contribution in [1.29, 1.82) is 0 Å². The summed E-state index contributed by atoms with van der Waals surface area (Å²) in [7, 11) is 0. The molecule has 0 aliphatic carbocycles. The fourth-order valence-corrected chi connectivity index (χ4v) is 3.20. The zero-order chi connectivity index (χ0) is 15.4. The van der Waals surface area contributed by atoms with Gasteiger partial charge in [-0.15, -0.1) is 0 Å². The number of rotatable bonds is 5. The predicted molar refractivity (Wildman–Crippen MR) is 83.0 cm³/mol. The lowest BCUT2D eigenvalue weighted by Gasteiger charge is -2.31. The molecule has 0 amide bonds. The first-order valence-corrected chi connectivity index (χ1v) is 7.76. The molecule has 21 heavy (non-hydrogen) atoms. The summed E-state index contributed by atoms with van der Waals surface area (Å²) in [5.74, 6) is -0.0964. The molecular weight excluding hydrogens is 290 g/mol. The third kappa shape index (κ3) is 4.11. The van der Waals surface area contributed by atoms with Gasteiger partial charge in [0, 0.05) is 23.7 Å². The molecule has 0 spiro atoms. The van der Waals surface area contributed by atoms with E-state index in [1.54, 1.807) is 0 Å². The molecule has 1 aliphatic heterocycles. The number of carboxylic acids is 1. The van der Waals surface area contributed by atoms with Gasteiger partial charge in [0.1, 0.15) is 5.75 Å². The van der Waals surface area contributed by atoms with Gasteiger partial charge in [-0.25, -0.2) is 0 Å². The van der Waals surface area contributed by atoms with Gasteiger partial charge >= 0.3 is 5.97 Å². The van der Waals surface area contributed by atoms with Crippen LogP contribution in [0.15, 0.2) is 12.1 Å².